The van der Waals surface area contributed by atoms with Crippen molar-refractivity contribution in [1.29, 1.82) is 0 Å². The zero-order valence-electron chi connectivity index (χ0n) is 25.4. The lowest BCUT2D eigenvalue weighted by molar-refractivity contribution is 0.0779. The van der Waals surface area contributed by atoms with Gasteiger partial charge in [-0.15, -0.1) is 0 Å². The fourth-order valence-electron chi connectivity index (χ4n) is 7.34. The molecule has 44 heavy (non-hydrogen) atoms. The molecule has 7 nitrogen and oxygen atoms in total. The quantitative estimate of drug-likeness (QED) is 0.278. The Hall–Kier alpha value is -2.78. The van der Waals surface area contributed by atoms with Gasteiger partial charge in [0.1, 0.15) is 0 Å². The largest absolute Gasteiger partial charge is 0.493 e. The number of methoxy groups -OCH3 is 3. The summed E-state index contributed by atoms with van der Waals surface area (Å²) >= 11 is 12.8. The van der Waals surface area contributed by atoms with Crippen LogP contribution in [0, 0.1) is 0 Å². The molecule has 0 aliphatic carbocycles. The molecule has 0 N–H and O–H groups in total. The van der Waals surface area contributed by atoms with E-state index in [-0.39, 0.29) is 16.1 Å². The lowest BCUT2D eigenvalue weighted by Gasteiger charge is -2.40. The Bertz CT molecular complexity index is 1570. The first-order valence-electron chi connectivity index (χ1n) is 15.0. The average molecular weight is 658 g/mol. The molecule has 1 unspecified atom stereocenters. The predicted molar refractivity (Wildman–Crippen MR) is 175 cm³/mol. The zero-order valence-corrected chi connectivity index (χ0v) is 27.7. The molecule has 2 atom stereocenters. The van der Waals surface area contributed by atoms with Crippen molar-refractivity contribution in [3.63, 3.8) is 0 Å². The summed E-state index contributed by atoms with van der Waals surface area (Å²) in [6, 6.07) is 17.7. The number of benzene rings is 3. The summed E-state index contributed by atoms with van der Waals surface area (Å²) in [7, 11) is 3.74. The third-order valence-corrected chi connectivity index (χ3v) is 12.7. The highest BCUT2D eigenvalue weighted by Gasteiger charge is 2.48. The lowest BCUT2D eigenvalue weighted by atomic mass is 9.76. The van der Waals surface area contributed by atoms with E-state index in [2.05, 4.69) is 23.1 Å². The van der Waals surface area contributed by atoms with Crippen molar-refractivity contribution in [3.05, 3.63) is 86.9 Å². The average Bonchev–Trinajstić information content (AvgIpc) is 3.60. The van der Waals surface area contributed by atoms with Crippen LogP contribution in [-0.2, 0) is 26.7 Å². The Morgan fingerprint density at radius 2 is 1.59 bits per heavy atom. The van der Waals surface area contributed by atoms with Crippen molar-refractivity contribution in [2.45, 2.75) is 41.6 Å². The molecule has 234 valence electrons. The van der Waals surface area contributed by atoms with Crippen LogP contribution in [0.15, 0.2) is 54.6 Å². The molecule has 3 aliphatic rings. The van der Waals surface area contributed by atoms with Crippen LogP contribution in [-0.4, -0.2) is 74.0 Å². The number of hydrogen-bond donors (Lipinski definition) is 0. The fraction of sp³-hybridized carbons (Fsp3) is 0.441. The van der Waals surface area contributed by atoms with Crippen molar-refractivity contribution >= 4 is 39.9 Å². The number of rotatable bonds is 8. The Morgan fingerprint density at radius 3 is 2.25 bits per heavy atom. The van der Waals surface area contributed by atoms with Crippen molar-refractivity contribution in [2.75, 3.05) is 54.1 Å². The van der Waals surface area contributed by atoms with Gasteiger partial charge in [0, 0.05) is 40.6 Å². The molecule has 0 radical (unpaired) electrons. The van der Waals surface area contributed by atoms with Crippen LogP contribution in [0.4, 0.5) is 0 Å². The number of halogens is 2. The van der Waals surface area contributed by atoms with Gasteiger partial charge in [0.05, 0.1) is 36.1 Å². The highest BCUT2D eigenvalue weighted by molar-refractivity contribution is 7.85. The monoisotopic (exact) mass is 656 g/mol. The van der Waals surface area contributed by atoms with Gasteiger partial charge in [0.15, 0.2) is 11.5 Å². The van der Waals surface area contributed by atoms with E-state index in [1.807, 2.05) is 29.2 Å². The SMILES string of the molecule is COc1cc(C(=O)N2CC[C@@](CCN3CCC4(CC3)c3ccccc3CS4=O)(c3ccc(Cl)c(Cl)c3)C2)cc(OC)c1OC. The highest BCUT2D eigenvalue weighted by Crippen LogP contribution is 2.47. The predicted octanol–water partition coefficient (Wildman–Crippen LogP) is 6.45. The summed E-state index contributed by atoms with van der Waals surface area (Å²) in [4.78, 5) is 18.3. The number of carbonyl (C=O) groups is 1. The summed E-state index contributed by atoms with van der Waals surface area (Å²) in [6.07, 6.45) is 3.44. The van der Waals surface area contributed by atoms with Crippen LogP contribution in [0.5, 0.6) is 17.2 Å². The number of likely N-dealkylation sites (tertiary alicyclic amines) is 2. The topological polar surface area (TPSA) is 68.3 Å². The van der Waals surface area contributed by atoms with E-state index in [0.29, 0.717) is 51.7 Å². The molecule has 0 bridgehead atoms. The lowest BCUT2D eigenvalue weighted by Crippen LogP contribution is -2.45. The van der Waals surface area contributed by atoms with Gasteiger partial charge in [-0.25, -0.2) is 0 Å². The highest BCUT2D eigenvalue weighted by atomic mass is 35.5. The smallest absolute Gasteiger partial charge is 0.254 e. The van der Waals surface area contributed by atoms with Gasteiger partial charge in [0.2, 0.25) is 5.75 Å². The normalized spacial score (nSPS) is 22.7. The number of piperidine rings is 1. The minimum atomic E-state index is -0.888. The molecule has 1 spiro atoms. The summed E-state index contributed by atoms with van der Waals surface area (Å²) in [6.45, 7) is 3.82. The van der Waals surface area contributed by atoms with Crippen LogP contribution in [0.2, 0.25) is 10.0 Å². The van der Waals surface area contributed by atoms with Crippen molar-refractivity contribution in [3.8, 4) is 17.2 Å². The van der Waals surface area contributed by atoms with Crippen LogP contribution in [0.3, 0.4) is 0 Å². The van der Waals surface area contributed by atoms with E-state index >= 15 is 0 Å². The Labute approximate surface area is 271 Å². The summed E-state index contributed by atoms with van der Waals surface area (Å²) < 4.78 is 29.6. The van der Waals surface area contributed by atoms with Gasteiger partial charge in [0.25, 0.3) is 5.91 Å². The van der Waals surface area contributed by atoms with E-state index in [1.54, 1.807) is 33.5 Å². The fourth-order valence-corrected chi connectivity index (χ4v) is 9.53. The number of carbonyl (C=O) groups excluding carboxylic acids is 1. The molecule has 6 rings (SSSR count). The minimum Gasteiger partial charge on any atom is -0.493 e. The van der Waals surface area contributed by atoms with Crippen LogP contribution < -0.4 is 14.2 Å². The summed E-state index contributed by atoms with van der Waals surface area (Å²) in [5, 5.41) is 1.03. The molecule has 0 saturated carbocycles. The maximum Gasteiger partial charge on any atom is 0.254 e. The number of hydrogen-bond acceptors (Lipinski definition) is 6. The number of ether oxygens (including phenoxy) is 3. The molecule has 2 saturated heterocycles. The van der Waals surface area contributed by atoms with Crippen LogP contribution in [0.1, 0.15) is 52.7 Å². The Balaban J connectivity index is 1.21. The van der Waals surface area contributed by atoms with Gasteiger partial charge < -0.3 is 24.0 Å². The third kappa shape index (κ3) is 5.48. The van der Waals surface area contributed by atoms with Gasteiger partial charge >= 0.3 is 0 Å². The van der Waals surface area contributed by atoms with E-state index in [1.165, 1.54) is 11.1 Å². The molecular weight excluding hydrogens is 619 g/mol. The van der Waals surface area contributed by atoms with Gasteiger partial charge in [-0.3, -0.25) is 9.00 Å². The first-order valence-corrected chi connectivity index (χ1v) is 17.0. The molecule has 1 amide bonds. The first-order chi connectivity index (χ1) is 21.2. The molecule has 0 aromatic heterocycles. The van der Waals surface area contributed by atoms with Gasteiger partial charge in [-0.05, 0) is 86.3 Å². The Morgan fingerprint density at radius 1 is 0.886 bits per heavy atom. The second kappa shape index (κ2) is 12.5. The van der Waals surface area contributed by atoms with E-state index < -0.39 is 10.8 Å². The van der Waals surface area contributed by atoms with E-state index in [9.17, 15) is 9.00 Å². The molecule has 3 aromatic carbocycles. The minimum absolute atomic E-state index is 0.0894. The van der Waals surface area contributed by atoms with Crippen LogP contribution in [0.25, 0.3) is 0 Å². The standard InChI is InChI=1S/C34H38Cl2N2O5S/c1-41-29-18-24(19-30(42-2)31(29)43-3)32(39)38-17-11-33(22-38,25-8-9-27(35)28(36)20-25)10-14-37-15-12-34(13-16-37)26-7-5-4-6-23(26)21-44(34)40/h4-9,18-20H,10-17,21-22H2,1-3H3/t33-,44?/m1/s1. The molecule has 3 heterocycles. The second-order valence-corrected chi connectivity index (χ2v) is 14.6. The maximum absolute atomic E-state index is 13.9. The summed E-state index contributed by atoms with van der Waals surface area (Å²) in [5.74, 6) is 1.91. The Kier molecular flexibility index (Phi) is 8.90. The van der Waals surface area contributed by atoms with E-state index in [4.69, 9.17) is 37.4 Å². The van der Waals surface area contributed by atoms with Crippen LogP contribution >= 0.6 is 23.2 Å². The molecule has 3 aliphatic heterocycles. The first kappa shape index (κ1) is 31.2. The van der Waals surface area contributed by atoms with Gasteiger partial charge in [-0.1, -0.05) is 53.5 Å². The number of amides is 1. The number of fused-ring (bicyclic) bond motifs is 2. The zero-order chi connectivity index (χ0) is 31.1. The molecule has 3 aromatic rings. The molecule has 2 fully saturated rings. The van der Waals surface area contributed by atoms with Gasteiger partial charge in [-0.2, -0.15) is 0 Å². The third-order valence-electron chi connectivity index (χ3n) is 9.89. The summed E-state index contributed by atoms with van der Waals surface area (Å²) in [5.41, 5.74) is 3.80. The second-order valence-electron chi connectivity index (χ2n) is 12.0. The van der Waals surface area contributed by atoms with Crippen molar-refractivity contribution in [2.24, 2.45) is 0 Å². The molecular formula is C34H38Cl2N2O5S. The van der Waals surface area contributed by atoms with Crippen molar-refractivity contribution < 1.29 is 23.2 Å². The maximum atomic E-state index is 13.9. The molecule has 10 heteroatoms. The number of nitrogens with zero attached hydrogens (tertiary/aromatic N) is 2. The van der Waals surface area contributed by atoms with E-state index in [0.717, 1.165) is 50.9 Å². The van der Waals surface area contributed by atoms with Crippen molar-refractivity contribution in [1.82, 2.24) is 9.80 Å².